The van der Waals surface area contributed by atoms with E-state index in [1.807, 2.05) is 62.4 Å². The van der Waals surface area contributed by atoms with Crippen LogP contribution in [0.25, 0.3) is 0 Å². The van der Waals surface area contributed by atoms with Crippen molar-refractivity contribution in [2.45, 2.75) is 50.9 Å². The molecule has 10 heteroatoms. The van der Waals surface area contributed by atoms with Gasteiger partial charge in [0, 0.05) is 12.8 Å². The lowest BCUT2D eigenvalue weighted by Gasteiger charge is -2.23. The normalized spacial score (nSPS) is 20.1. The van der Waals surface area contributed by atoms with Crippen molar-refractivity contribution >= 4 is 40.4 Å². The molecule has 9 nitrogen and oxygen atoms in total. The fraction of sp³-hybridized carbons (Fsp3) is 0.346. The van der Waals surface area contributed by atoms with Gasteiger partial charge >= 0.3 is 5.97 Å². The number of thioether (sulfide) groups is 1. The zero-order chi connectivity index (χ0) is 25.8. The first kappa shape index (κ1) is 25.4. The fourth-order valence-corrected chi connectivity index (χ4v) is 5.02. The highest BCUT2D eigenvalue weighted by molar-refractivity contribution is 8.15. The Balaban J connectivity index is 1.56. The molecule has 0 saturated carbocycles. The Hall–Kier alpha value is -3.66. The first-order valence-corrected chi connectivity index (χ1v) is 12.6. The Morgan fingerprint density at radius 2 is 1.89 bits per heavy atom. The number of ether oxygens (including phenoxy) is 1. The third-order valence-electron chi connectivity index (χ3n) is 5.91. The standard InChI is InChI=1S/C26H28N4O5S/c1-4-35-19-11-9-18(10-12-19)21-13-20(17-7-5-15(2)6-8-17)29-30(21)26-28-24(32)22(36-26)14-23(31)27-16(3)25(33)34/h5-12,16,21-22H,4,13-14H2,1-3H3,(H,27,31)(H,33,34)/t16-,21-,22+/m0/s1. The molecule has 0 unspecified atom stereocenters. The second-order valence-electron chi connectivity index (χ2n) is 8.65. The van der Waals surface area contributed by atoms with Crippen LogP contribution in [-0.2, 0) is 14.4 Å². The number of carbonyl (C=O) groups excluding carboxylic acids is 2. The topological polar surface area (TPSA) is 121 Å². The van der Waals surface area contributed by atoms with E-state index >= 15 is 0 Å². The summed E-state index contributed by atoms with van der Waals surface area (Å²) in [4.78, 5) is 40.2. The molecule has 2 aromatic carbocycles. The zero-order valence-electron chi connectivity index (χ0n) is 20.3. The van der Waals surface area contributed by atoms with Gasteiger partial charge in [0.25, 0.3) is 5.91 Å². The molecule has 2 aliphatic heterocycles. The minimum absolute atomic E-state index is 0.162. The molecule has 4 rings (SSSR count). The number of benzene rings is 2. The van der Waals surface area contributed by atoms with Gasteiger partial charge in [-0.05, 0) is 44.0 Å². The van der Waals surface area contributed by atoms with Gasteiger partial charge in [-0.15, -0.1) is 0 Å². The maximum Gasteiger partial charge on any atom is 0.325 e. The lowest BCUT2D eigenvalue weighted by molar-refractivity contribution is -0.141. The molecule has 0 saturated heterocycles. The van der Waals surface area contributed by atoms with E-state index in [2.05, 4.69) is 10.3 Å². The van der Waals surface area contributed by atoms with Gasteiger partial charge in [-0.25, -0.2) is 5.01 Å². The van der Waals surface area contributed by atoms with Crippen LogP contribution >= 0.6 is 11.8 Å². The Labute approximate surface area is 213 Å². The summed E-state index contributed by atoms with van der Waals surface area (Å²) in [6.07, 6.45) is 0.455. The van der Waals surface area contributed by atoms with Crippen molar-refractivity contribution in [1.82, 2.24) is 10.3 Å². The van der Waals surface area contributed by atoms with Crippen LogP contribution in [0.1, 0.15) is 49.4 Å². The third-order valence-corrected chi connectivity index (χ3v) is 7.06. The smallest absolute Gasteiger partial charge is 0.325 e. The maximum atomic E-state index is 12.6. The van der Waals surface area contributed by atoms with Gasteiger partial charge in [-0.3, -0.25) is 14.4 Å². The van der Waals surface area contributed by atoms with Crippen molar-refractivity contribution in [1.29, 1.82) is 0 Å². The number of amidine groups is 1. The molecule has 36 heavy (non-hydrogen) atoms. The predicted molar refractivity (Wildman–Crippen MR) is 138 cm³/mol. The number of hydrazone groups is 1. The summed E-state index contributed by atoms with van der Waals surface area (Å²) in [5.41, 5.74) is 4.02. The van der Waals surface area contributed by atoms with Crippen LogP contribution in [0.4, 0.5) is 0 Å². The molecule has 2 aliphatic rings. The summed E-state index contributed by atoms with van der Waals surface area (Å²) in [6, 6.07) is 14.7. The minimum Gasteiger partial charge on any atom is -0.494 e. The van der Waals surface area contributed by atoms with E-state index in [1.54, 1.807) is 5.01 Å². The van der Waals surface area contributed by atoms with Crippen LogP contribution in [0.5, 0.6) is 5.75 Å². The first-order chi connectivity index (χ1) is 17.2. The summed E-state index contributed by atoms with van der Waals surface area (Å²) in [5.74, 6) is -1.31. The second-order valence-corrected chi connectivity index (χ2v) is 9.82. The highest BCUT2D eigenvalue weighted by Gasteiger charge is 2.39. The van der Waals surface area contributed by atoms with Crippen molar-refractivity contribution in [3.8, 4) is 5.75 Å². The number of aryl methyl sites for hydroxylation is 1. The maximum absolute atomic E-state index is 12.6. The highest BCUT2D eigenvalue weighted by atomic mass is 32.2. The van der Waals surface area contributed by atoms with Crippen molar-refractivity contribution in [2.75, 3.05) is 6.61 Å². The molecule has 0 spiro atoms. The number of carbonyl (C=O) groups is 3. The first-order valence-electron chi connectivity index (χ1n) is 11.7. The van der Waals surface area contributed by atoms with E-state index in [4.69, 9.17) is 14.9 Å². The number of hydrogen-bond acceptors (Lipinski definition) is 7. The molecule has 0 radical (unpaired) electrons. The zero-order valence-corrected chi connectivity index (χ0v) is 21.1. The molecule has 188 valence electrons. The predicted octanol–water partition coefficient (Wildman–Crippen LogP) is 3.52. The van der Waals surface area contributed by atoms with Gasteiger partial charge in [0.15, 0.2) is 5.17 Å². The summed E-state index contributed by atoms with van der Waals surface area (Å²) in [6.45, 7) is 5.90. The van der Waals surface area contributed by atoms with Gasteiger partial charge in [0.1, 0.15) is 17.0 Å². The molecule has 3 atom stereocenters. The van der Waals surface area contributed by atoms with Gasteiger partial charge < -0.3 is 15.2 Å². The SMILES string of the molecule is CCOc1ccc([C@@H]2CC(c3ccc(C)cc3)=NN2C2=NC(=O)[C@@H](CC(=O)N[C@@H](C)C(=O)O)S2)cc1. The summed E-state index contributed by atoms with van der Waals surface area (Å²) < 4.78 is 5.57. The molecule has 0 aromatic heterocycles. The van der Waals surface area contributed by atoms with Crippen molar-refractivity contribution in [2.24, 2.45) is 10.1 Å². The molecule has 2 amide bonds. The van der Waals surface area contributed by atoms with Gasteiger partial charge in [-0.1, -0.05) is 53.7 Å². The average molecular weight is 509 g/mol. The van der Waals surface area contributed by atoms with Crippen LogP contribution in [0.2, 0.25) is 0 Å². The molecule has 0 bridgehead atoms. The molecular weight excluding hydrogens is 480 g/mol. The number of rotatable bonds is 8. The van der Waals surface area contributed by atoms with Crippen LogP contribution in [-0.4, -0.2) is 56.7 Å². The quantitative estimate of drug-likeness (QED) is 0.560. The Kier molecular flexibility index (Phi) is 7.73. The van der Waals surface area contributed by atoms with E-state index < -0.39 is 29.1 Å². The molecular formula is C26H28N4O5S. The van der Waals surface area contributed by atoms with Gasteiger partial charge in [0.2, 0.25) is 5.91 Å². The molecule has 0 fully saturated rings. The number of nitrogens with zero attached hydrogens (tertiary/aromatic N) is 3. The van der Waals surface area contributed by atoms with Crippen molar-refractivity contribution in [3.63, 3.8) is 0 Å². The average Bonchev–Trinajstić information content (AvgIpc) is 3.44. The number of amides is 2. The summed E-state index contributed by atoms with van der Waals surface area (Å²) >= 11 is 1.18. The number of carboxylic acids is 1. The van der Waals surface area contributed by atoms with E-state index in [0.29, 0.717) is 18.2 Å². The van der Waals surface area contributed by atoms with E-state index in [0.717, 1.165) is 28.2 Å². The number of hydrogen-bond donors (Lipinski definition) is 2. The number of aliphatic imine (C=N–C) groups is 1. The van der Waals surface area contributed by atoms with Crippen LogP contribution in [0, 0.1) is 6.92 Å². The van der Waals surface area contributed by atoms with Crippen molar-refractivity contribution < 1.29 is 24.2 Å². The Bertz CT molecular complexity index is 1210. The molecule has 2 N–H and O–H groups in total. The highest BCUT2D eigenvalue weighted by Crippen LogP contribution is 2.39. The Morgan fingerprint density at radius 1 is 1.19 bits per heavy atom. The molecule has 0 aliphatic carbocycles. The largest absolute Gasteiger partial charge is 0.494 e. The minimum atomic E-state index is -1.14. The number of nitrogens with one attached hydrogen (secondary N) is 1. The van der Waals surface area contributed by atoms with E-state index in [9.17, 15) is 14.4 Å². The van der Waals surface area contributed by atoms with Gasteiger partial charge in [-0.2, -0.15) is 10.1 Å². The number of carboxylic acid groups (broad SMARTS) is 1. The summed E-state index contributed by atoms with van der Waals surface area (Å²) in [7, 11) is 0. The monoisotopic (exact) mass is 508 g/mol. The molecule has 2 heterocycles. The van der Waals surface area contributed by atoms with Crippen LogP contribution in [0.3, 0.4) is 0 Å². The third kappa shape index (κ3) is 5.76. The lowest BCUT2D eigenvalue weighted by Crippen LogP contribution is -2.39. The summed E-state index contributed by atoms with van der Waals surface area (Å²) in [5, 5.41) is 17.7. The van der Waals surface area contributed by atoms with E-state index in [1.165, 1.54) is 18.7 Å². The fourth-order valence-electron chi connectivity index (χ4n) is 3.95. The van der Waals surface area contributed by atoms with Gasteiger partial charge in [0.05, 0.1) is 18.4 Å². The molecule has 2 aromatic rings. The van der Waals surface area contributed by atoms with E-state index in [-0.39, 0.29) is 12.5 Å². The van der Waals surface area contributed by atoms with Crippen molar-refractivity contribution in [3.05, 3.63) is 65.2 Å². The van der Waals surface area contributed by atoms with Crippen LogP contribution in [0.15, 0.2) is 58.6 Å². The Morgan fingerprint density at radius 3 is 2.53 bits per heavy atom. The second kappa shape index (κ2) is 10.9. The van der Waals surface area contributed by atoms with Crippen LogP contribution < -0.4 is 10.1 Å². The lowest BCUT2D eigenvalue weighted by atomic mass is 9.98. The number of aliphatic carboxylic acids is 1.